The maximum Gasteiger partial charge on any atom is 0.519 e. The first-order valence-electron chi connectivity index (χ1n) is 10.8. The van der Waals surface area contributed by atoms with Gasteiger partial charge in [0.25, 0.3) is 5.88 Å². The standard InChI is InChI=1S/C21H30N3O7S/c1-4-5-6-7-11-27-19-18(22-32-23-19)16-9-8-10-24(3,12-16)14-29-20(25)28-13-17-15(2)30-21(26)31-17/h9H,4-8,10-14H2,1-3H3/q+1. The van der Waals surface area contributed by atoms with Gasteiger partial charge in [0.1, 0.15) is 12.2 Å². The van der Waals surface area contributed by atoms with E-state index < -0.39 is 12.0 Å². The molecule has 0 spiro atoms. The highest BCUT2D eigenvalue weighted by molar-refractivity contribution is 6.99. The van der Waals surface area contributed by atoms with Gasteiger partial charge in [0, 0.05) is 12.0 Å². The van der Waals surface area contributed by atoms with Crippen molar-refractivity contribution in [2.45, 2.75) is 52.6 Å². The van der Waals surface area contributed by atoms with E-state index in [0.29, 0.717) is 23.5 Å². The van der Waals surface area contributed by atoms with Crippen LogP contribution in [0.4, 0.5) is 4.79 Å². The van der Waals surface area contributed by atoms with Crippen LogP contribution >= 0.6 is 11.7 Å². The van der Waals surface area contributed by atoms with Crippen LogP contribution in [0.25, 0.3) is 5.57 Å². The van der Waals surface area contributed by atoms with Gasteiger partial charge in [0.05, 0.1) is 31.9 Å². The van der Waals surface area contributed by atoms with Crippen LogP contribution in [0.3, 0.4) is 0 Å². The zero-order valence-electron chi connectivity index (χ0n) is 18.8. The monoisotopic (exact) mass is 468 g/mol. The van der Waals surface area contributed by atoms with Gasteiger partial charge in [0.15, 0.2) is 18.1 Å². The summed E-state index contributed by atoms with van der Waals surface area (Å²) in [6, 6.07) is 0. The van der Waals surface area contributed by atoms with Crippen LogP contribution < -0.4 is 10.6 Å². The molecule has 0 aliphatic carbocycles. The summed E-state index contributed by atoms with van der Waals surface area (Å²) >= 11 is 1.14. The average Bonchev–Trinajstić information content (AvgIpc) is 3.36. The number of hydrogen-bond donors (Lipinski definition) is 0. The molecule has 0 saturated carbocycles. The summed E-state index contributed by atoms with van der Waals surface area (Å²) < 4.78 is 35.0. The number of hydrogen-bond acceptors (Lipinski definition) is 10. The van der Waals surface area contributed by atoms with Crippen molar-refractivity contribution >= 4 is 23.5 Å². The molecule has 11 heteroatoms. The molecule has 3 heterocycles. The van der Waals surface area contributed by atoms with Crippen molar-refractivity contribution in [2.75, 3.05) is 33.5 Å². The maximum absolute atomic E-state index is 12.0. The largest absolute Gasteiger partial charge is 0.519 e. The van der Waals surface area contributed by atoms with Crippen molar-refractivity contribution in [1.29, 1.82) is 0 Å². The molecule has 32 heavy (non-hydrogen) atoms. The zero-order chi connectivity index (χ0) is 23.0. The minimum atomic E-state index is -0.838. The Labute approximate surface area is 190 Å². The van der Waals surface area contributed by atoms with Crippen molar-refractivity contribution in [3.8, 4) is 5.88 Å². The molecule has 2 aromatic rings. The second kappa shape index (κ2) is 11.3. The molecule has 176 valence electrons. The highest BCUT2D eigenvalue weighted by Crippen LogP contribution is 2.30. The van der Waals surface area contributed by atoms with Crippen LogP contribution in [0.15, 0.2) is 19.7 Å². The van der Waals surface area contributed by atoms with Gasteiger partial charge in [-0.25, -0.2) is 9.59 Å². The summed E-state index contributed by atoms with van der Waals surface area (Å²) in [5, 5.41) is 0. The molecule has 1 unspecified atom stereocenters. The lowest BCUT2D eigenvalue weighted by atomic mass is 10.1. The second-order valence-corrected chi connectivity index (χ2v) is 8.62. The summed E-state index contributed by atoms with van der Waals surface area (Å²) in [6.07, 6.45) is 6.64. The summed E-state index contributed by atoms with van der Waals surface area (Å²) in [4.78, 5) is 23.1. The second-order valence-electron chi connectivity index (χ2n) is 8.09. The van der Waals surface area contributed by atoms with E-state index in [-0.39, 0.29) is 24.9 Å². The van der Waals surface area contributed by atoms with Crippen molar-refractivity contribution in [3.05, 3.63) is 33.9 Å². The van der Waals surface area contributed by atoms with Crippen molar-refractivity contribution in [2.24, 2.45) is 0 Å². The van der Waals surface area contributed by atoms with Crippen molar-refractivity contribution in [3.63, 3.8) is 0 Å². The van der Waals surface area contributed by atoms with Gasteiger partial charge in [-0.2, -0.15) is 4.37 Å². The topological polar surface area (TPSA) is 114 Å². The normalized spacial score (nSPS) is 18.3. The van der Waals surface area contributed by atoms with Gasteiger partial charge < -0.3 is 23.0 Å². The third-order valence-corrected chi connectivity index (χ3v) is 5.77. The quantitative estimate of drug-likeness (QED) is 0.275. The van der Waals surface area contributed by atoms with Crippen molar-refractivity contribution < 1.29 is 32.3 Å². The fourth-order valence-electron chi connectivity index (χ4n) is 3.44. The molecule has 10 nitrogen and oxygen atoms in total. The number of likely N-dealkylation sites (N-methyl/N-ethyl adjacent to an activating group) is 1. The number of carbonyl (C=O) groups excluding carboxylic acids is 1. The molecule has 1 aliphatic rings. The Kier molecular flexibility index (Phi) is 8.46. The molecule has 2 aromatic heterocycles. The predicted molar refractivity (Wildman–Crippen MR) is 116 cm³/mol. The number of quaternary nitrogens is 1. The van der Waals surface area contributed by atoms with E-state index in [0.717, 1.165) is 48.8 Å². The molecule has 0 N–H and O–H groups in total. The van der Waals surface area contributed by atoms with Gasteiger partial charge in [-0.05, 0) is 13.3 Å². The molecule has 0 radical (unpaired) electrons. The van der Waals surface area contributed by atoms with Crippen LogP contribution in [0.5, 0.6) is 5.88 Å². The highest BCUT2D eigenvalue weighted by atomic mass is 32.1. The van der Waals surface area contributed by atoms with E-state index in [1.165, 1.54) is 12.8 Å². The average molecular weight is 469 g/mol. The number of aromatic nitrogens is 2. The minimum Gasteiger partial charge on any atom is -0.475 e. The SMILES string of the molecule is CCCCCCOc1nsnc1C1=CCC[N+](C)(COC(=O)OCc2oc(=O)oc2C)C1. The Morgan fingerprint density at radius 3 is 2.81 bits per heavy atom. The van der Waals surface area contributed by atoms with Gasteiger partial charge >= 0.3 is 12.0 Å². The third-order valence-electron chi connectivity index (χ3n) is 5.26. The van der Waals surface area contributed by atoms with Crippen LogP contribution in [0, 0.1) is 6.92 Å². The number of unbranched alkanes of at least 4 members (excludes halogenated alkanes) is 3. The van der Waals surface area contributed by atoms with Gasteiger partial charge in [0.2, 0.25) is 6.73 Å². The van der Waals surface area contributed by atoms with E-state index in [4.69, 9.17) is 23.0 Å². The molecule has 0 saturated heterocycles. The molecule has 1 atom stereocenters. The zero-order valence-corrected chi connectivity index (χ0v) is 19.6. The Balaban J connectivity index is 1.49. The Hall–Kier alpha value is -2.66. The lowest BCUT2D eigenvalue weighted by Crippen LogP contribution is -2.49. The van der Waals surface area contributed by atoms with Gasteiger partial charge in [-0.1, -0.05) is 32.3 Å². The molecule has 0 fully saturated rings. The highest BCUT2D eigenvalue weighted by Gasteiger charge is 2.31. The first-order chi connectivity index (χ1) is 15.4. The molecular weight excluding hydrogens is 438 g/mol. The first kappa shape index (κ1) is 24.0. The van der Waals surface area contributed by atoms with Crippen LogP contribution in [0.2, 0.25) is 0 Å². The molecular formula is C21H30N3O7S+. The number of carbonyl (C=O) groups is 1. The Bertz CT molecular complexity index is 980. The predicted octanol–water partition coefficient (Wildman–Crippen LogP) is 3.90. The molecule has 3 rings (SSSR count). The van der Waals surface area contributed by atoms with E-state index >= 15 is 0 Å². The third kappa shape index (κ3) is 6.67. The van der Waals surface area contributed by atoms with Gasteiger partial charge in [-0.3, -0.25) is 4.48 Å². The van der Waals surface area contributed by atoms with E-state index in [1.807, 2.05) is 7.05 Å². The Morgan fingerprint density at radius 2 is 2.06 bits per heavy atom. The number of nitrogens with zero attached hydrogens (tertiary/aromatic N) is 3. The molecule has 0 aromatic carbocycles. The van der Waals surface area contributed by atoms with Crippen LogP contribution in [-0.4, -0.2) is 52.9 Å². The van der Waals surface area contributed by atoms with E-state index in [2.05, 4.69) is 21.7 Å². The van der Waals surface area contributed by atoms with E-state index in [1.54, 1.807) is 6.92 Å². The van der Waals surface area contributed by atoms with Gasteiger partial charge in [-0.15, -0.1) is 4.37 Å². The summed E-state index contributed by atoms with van der Waals surface area (Å²) in [7, 11) is 2.00. The lowest BCUT2D eigenvalue weighted by Gasteiger charge is -2.36. The fourth-order valence-corrected chi connectivity index (χ4v) is 3.97. The molecule has 1 aliphatic heterocycles. The Morgan fingerprint density at radius 1 is 1.22 bits per heavy atom. The minimum absolute atomic E-state index is 0.134. The van der Waals surface area contributed by atoms with Crippen LogP contribution in [0.1, 0.15) is 56.2 Å². The first-order valence-corrected chi connectivity index (χ1v) is 11.5. The summed E-state index contributed by atoms with van der Waals surface area (Å²) in [5.74, 6) is 0.172. The number of aryl methyl sites for hydroxylation is 1. The maximum atomic E-state index is 12.0. The molecule has 0 bridgehead atoms. The lowest BCUT2D eigenvalue weighted by molar-refractivity contribution is -0.919. The van der Waals surface area contributed by atoms with Crippen LogP contribution in [-0.2, 0) is 16.1 Å². The number of rotatable bonds is 11. The van der Waals surface area contributed by atoms with E-state index in [9.17, 15) is 9.59 Å². The fraction of sp³-hybridized carbons (Fsp3) is 0.619. The summed E-state index contributed by atoms with van der Waals surface area (Å²) in [5.41, 5.74) is 1.80. The molecule has 0 amide bonds. The smallest absolute Gasteiger partial charge is 0.475 e. The number of ether oxygens (including phenoxy) is 3. The van der Waals surface area contributed by atoms with Crippen molar-refractivity contribution in [1.82, 2.24) is 8.75 Å². The summed E-state index contributed by atoms with van der Waals surface area (Å²) in [6.45, 7) is 5.70.